The molecule has 2 aliphatic rings. The van der Waals surface area contributed by atoms with Gasteiger partial charge in [0.05, 0.1) is 0 Å². The Morgan fingerprint density at radius 1 is 1.07 bits per heavy atom. The van der Waals surface area contributed by atoms with E-state index in [4.69, 9.17) is 4.99 Å². The lowest BCUT2D eigenvalue weighted by atomic mass is 10.2. The van der Waals surface area contributed by atoms with Gasteiger partial charge in [-0.15, -0.1) is 24.0 Å². The van der Waals surface area contributed by atoms with Gasteiger partial charge in [0.1, 0.15) is 0 Å². The second kappa shape index (κ2) is 13.4. The maximum atomic E-state index is 4.83. The fraction of sp³-hybridized carbons (Fsp3) is 0.696. The molecule has 7 heteroatoms. The molecule has 0 saturated carbocycles. The van der Waals surface area contributed by atoms with Crippen LogP contribution in [0.3, 0.4) is 0 Å². The van der Waals surface area contributed by atoms with E-state index in [9.17, 15) is 0 Å². The Kier molecular flexibility index (Phi) is 11.2. The van der Waals surface area contributed by atoms with Crippen LogP contribution in [0.15, 0.2) is 29.3 Å². The first-order chi connectivity index (χ1) is 14.1. The van der Waals surface area contributed by atoms with Crippen molar-refractivity contribution in [3.05, 3.63) is 29.8 Å². The van der Waals surface area contributed by atoms with E-state index < -0.39 is 0 Å². The van der Waals surface area contributed by atoms with E-state index in [2.05, 4.69) is 70.5 Å². The van der Waals surface area contributed by atoms with Gasteiger partial charge in [-0.25, -0.2) is 0 Å². The van der Waals surface area contributed by atoms with Crippen molar-refractivity contribution in [3.8, 4) is 0 Å². The first-order valence-electron chi connectivity index (χ1n) is 11.4. The van der Waals surface area contributed by atoms with Crippen LogP contribution in [0.1, 0.15) is 31.7 Å². The van der Waals surface area contributed by atoms with Crippen molar-refractivity contribution in [2.45, 2.75) is 39.2 Å². The minimum atomic E-state index is 0. The normalized spacial score (nSPS) is 20.8. The number of piperazine rings is 1. The summed E-state index contributed by atoms with van der Waals surface area (Å²) in [7, 11) is 2.21. The topological polar surface area (TPSA) is 46.1 Å². The highest BCUT2D eigenvalue weighted by molar-refractivity contribution is 14.0. The van der Waals surface area contributed by atoms with Gasteiger partial charge in [-0.3, -0.25) is 4.99 Å². The van der Waals surface area contributed by atoms with Gasteiger partial charge in [-0.05, 0) is 58.8 Å². The summed E-state index contributed by atoms with van der Waals surface area (Å²) in [6, 6.07) is 9.32. The van der Waals surface area contributed by atoms with Crippen molar-refractivity contribution >= 4 is 35.6 Å². The number of rotatable bonds is 8. The molecule has 170 valence electrons. The van der Waals surface area contributed by atoms with Crippen LogP contribution >= 0.6 is 24.0 Å². The van der Waals surface area contributed by atoms with E-state index in [0.29, 0.717) is 6.04 Å². The van der Waals surface area contributed by atoms with Crippen LogP contribution in [0, 0.1) is 6.92 Å². The molecule has 0 amide bonds. The number of aryl methyl sites for hydroxylation is 1. The number of nitrogens with one attached hydrogen (secondary N) is 2. The third-order valence-corrected chi connectivity index (χ3v) is 6.02. The fourth-order valence-corrected chi connectivity index (χ4v) is 4.09. The third kappa shape index (κ3) is 8.23. The molecule has 0 bridgehead atoms. The number of benzene rings is 1. The van der Waals surface area contributed by atoms with Crippen LogP contribution in [-0.4, -0.2) is 87.8 Å². The monoisotopic (exact) mass is 528 g/mol. The summed E-state index contributed by atoms with van der Waals surface area (Å²) in [5.74, 6) is 0.975. The molecule has 2 fully saturated rings. The van der Waals surface area contributed by atoms with Crippen molar-refractivity contribution < 1.29 is 0 Å². The van der Waals surface area contributed by atoms with Crippen molar-refractivity contribution in [2.75, 3.05) is 70.9 Å². The van der Waals surface area contributed by atoms with Crippen LogP contribution in [0.2, 0.25) is 0 Å². The first kappa shape index (κ1) is 25.2. The first-order valence-corrected chi connectivity index (χ1v) is 11.4. The molecule has 1 aromatic carbocycles. The van der Waals surface area contributed by atoms with Gasteiger partial charge in [-0.1, -0.05) is 17.7 Å². The number of halogens is 1. The van der Waals surface area contributed by atoms with Crippen molar-refractivity contribution in [1.82, 2.24) is 20.4 Å². The predicted octanol–water partition coefficient (Wildman–Crippen LogP) is 2.77. The van der Waals surface area contributed by atoms with Gasteiger partial charge in [0.2, 0.25) is 0 Å². The van der Waals surface area contributed by atoms with Gasteiger partial charge in [0.25, 0.3) is 0 Å². The molecule has 0 aromatic heterocycles. The lowest BCUT2D eigenvalue weighted by Gasteiger charge is -2.32. The van der Waals surface area contributed by atoms with E-state index in [1.165, 1.54) is 50.4 Å². The Balaban J connectivity index is 0.00000320. The molecule has 1 unspecified atom stereocenters. The number of guanidine groups is 1. The summed E-state index contributed by atoms with van der Waals surface area (Å²) < 4.78 is 0. The highest BCUT2D eigenvalue weighted by Crippen LogP contribution is 2.20. The highest BCUT2D eigenvalue weighted by Gasteiger charge is 2.23. The molecule has 6 nitrogen and oxygen atoms in total. The Morgan fingerprint density at radius 2 is 1.80 bits per heavy atom. The zero-order valence-corrected chi connectivity index (χ0v) is 21.4. The molecule has 30 heavy (non-hydrogen) atoms. The van der Waals surface area contributed by atoms with Crippen molar-refractivity contribution in [2.24, 2.45) is 4.99 Å². The van der Waals surface area contributed by atoms with Gasteiger partial charge < -0.3 is 25.3 Å². The Hall–Kier alpha value is -1.06. The van der Waals surface area contributed by atoms with Crippen LogP contribution in [0.5, 0.6) is 0 Å². The largest absolute Gasteiger partial charge is 0.369 e. The lowest BCUT2D eigenvalue weighted by Crippen LogP contribution is -2.45. The molecule has 0 aliphatic carbocycles. The smallest absolute Gasteiger partial charge is 0.191 e. The zero-order valence-electron chi connectivity index (χ0n) is 19.1. The second-order valence-electron chi connectivity index (χ2n) is 8.52. The molecule has 2 aliphatic heterocycles. The molecular weight excluding hydrogens is 487 g/mol. The average molecular weight is 529 g/mol. The van der Waals surface area contributed by atoms with Gasteiger partial charge in [-0.2, -0.15) is 0 Å². The Morgan fingerprint density at radius 3 is 2.50 bits per heavy atom. The summed E-state index contributed by atoms with van der Waals surface area (Å²) >= 11 is 0. The lowest BCUT2D eigenvalue weighted by molar-refractivity contribution is 0.152. The summed E-state index contributed by atoms with van der Waals surface area (Å²) in [4.78, 5) is 12.3. The van der Waals surface area contributed by atoms with Crippen LogP contribution < -0.4 is 15.5 Å². The predicted molar refractivity (Wildman–Crippen MR) is 139 cm³/mol. The molecule has 1 aromatic rings. The van der Waals surface area contributed by atoms with Gasteiger partial charge >= 0.3 is 0 Å². The van der Waals surface area contributed by atoms with E-state index in [0.717, 1.165) is 45.0 Å². The number of anilines is 1. The summed E-state index contributed by atoms with van der Waals surface area (Å²) in [6.45, 7) is 14.3. The van der Waals surface area contributed by atoms with E-state index >= 15 is 0 Å². The Labute approximate surface area is 200 Å². The van der Waals surface area contributed by atoms with Crippen molar-refractivity contribution in [3.63, 3.8) is 0 Å². The van der Waals surface area contributed by atoms with Crippen molar-refractivity contribution in [1.29, 1.82) is 0 Å². The molecule has 0 spiro atoms. The maximum Gasteiger partial charge on any atom is 0.191 e. The minimum Gasteiger partial charge on any atom is -0.369 e. The van der Waals surface area contributed by atoms with Gasteiger partial charge in [0, 0.05) is 64.1 Å². The highest BCUT2D eigenvalue weighted by atomic mass is 127. The van der Waals surface area contributed by atoms with E-state index in [1.807, 2.05) is 0 Å². The molecule has 2 heterocycles. The SMILES string of the molecule is CCNC(=NCCCCN1CCN(C)CC1)NC1CCN(c2ccc(C)cc2)C1.I. The van der Waals surface area contributed by atoms with E-state index in [1.54, 1.807) is 0 Å². The van der Waals surface area contributed by atoms with Crippen LogP contribution in [-0.2, 0) is 0 Å². The average Bonchev–Trinajstić information content (AvgIpc) is 3.18. The number of hydrogen-bond donors (Lipinski definition) is 2. The number of nitrogens with zero attached hydrogens (tertiary/aromatic N) is 4. The molecule has 2 N–H and O–H groups in total. The quantitative estimate of drug-likeness (QED) is 0.235. The molecule has 3 rings (SSSR count). The van der Waals surface area contributed by atoms with Gasteiger partial charge in [0.15, 0.2) is 5.96 Å². The van der Waals surface area contributed by atoms with Crippen LogP contribution in [0.25, 0.3) is 0 Å². The fourth-order valence-electron chi connectivity index (χ4n) is 4.09. The maximum absolute atomic E-state index is 4.83. The summed E-state index contributed by atoms with van der Waals surface area (Å²) in [5, 5.41) is 7.08. The Bertz CT molecular complexity index is 627. The van der Waals surface area contributed by atoms with E-state index in [-0.39, 0.29) is 24.0 Å². The number of likely N-dealkylation sites (N-methyl/N-ethyl adjacent to an activating group) is 1. The van der Waals surface area contributed by atoms with Crippen LogP contribution in [0.4, 0.5) is 5.69 Å². The molecular formula is C23H41IN6. The summed E-state index contributed by atoms with van der Waals surface area (Å²) in [6.07, 6.45) is 3.54. The molecule has 2 saturated heterocycles. The molecule has 0 radical (unpaired) electrons. The zero-order chi connectivity index (χ0) is 20.5. The second-order valence-corrected chi connectivity index (χ2v) is 8.52. The standard InChI is InChI=1S/C23H40N6.HI/c1-4-24-23(25-12-5-6-13-28-17-15-27(3)16-18-28)26-21-11-14-29(19-21)22-9-7-20(2)8-10-22;/h7-10,21H,4-6,11-19H2,1-3H3,(H2,24,25,26);1H. The summed E-state index contributed by atoms with van der Waals surface area (Å²) in [5.41, 5.74) is 2.64. The number of unbranched alkanes of at least 4 members (excludes halogenated alkanes) is 1. The molecule has 1 atom stereocenters. The number of hydrogen-bond acceptors (Lipinski definition) is 4. The minimum absolute atomic E-state index is 0. The number of aliphatic imine (C=N–C) groups is 1. The third-order valence-electron chi connectivity index (χ3n) is 6.02.